The molecule has 1 saturated heterocycles. The van der Waals surface area contributed by atoms with Crippen LogP contribution in [0.1, 0.15) is 24.0 Å². The van der Waals surface area contributed by atoms with E-state index in [1.54, 1.807) is 6.26 Å². The zero-order valence-corrected chi connectivity index (χ0v) is 14.7. The standard InChI is InChI=1S/C21H24N4O/c22-12-17-11-18(4-5-20(17)23)24-19-2-1-8-25(14-19)13-15-3-6-21-16(10-15)7-9-26-21/h3-7,9-12,19,22,24H,1-2,8,13-14,23H2. The van der Waals surface area contributed by atoms with Gasteiger partial charge >= 0.3 is 0 Å². The SMILES string of the molecule is N=Cc1cc(NC2CCCN(Cc3ccc4occc4c3)C2)ccc1N. The highest BCUT2D eigenvalue weighted by Gasteiger charge is 2.20. The van der Waals surface area contributed by atoms with Gasteiger partial charge in [-0.05, 0) is 61.3 Å². The van der Waals surface area contributed by atoms with Crippen molar-refractivity contribution in [1.82, 2.24) is 4.90 Å². The highest BCUT2D eigenvalue weighted by atomic mass is 16.3. The second-order valence-corrected chi connectivity index (χ2v) is 7.00. The van der Waals surface area contributed by atoms with Crippen LogP contribution in [0.25, 0.3) is 11.0 Å². The molecular weight excluding hydrogens is 324 g/mol. The third-order valence-corrected chi connectivity index (χ3v) is 5.04. The predicted octanol–water partition coefficient (Wildman–Crippen LogP) is 4.09. The van der Waals surface area contributed by atoms with Crippen molar-refractivity contribution in [2.24, 2.45) is 0 Å². The van der Waals surface area contributed by atoms with Crippen LogP contribution in [0.4, 0.5) is 11.4 Å². The highest BCUT2D eigenvalue weighted by molar-refractivity contribution is 5.86. The number of likely N-dealkylation sites (tertiary alicyclic amines) is 1. The number of nitrogen functional groups attached to an aromatic ring is 1. The van der Waals surface area contributed by atoms with Gasteiger partial charge in [0.1, 0.15) is 5.58 Å². The van der Waals surface area contributed by atoms with E-state index in [9.17, 15) is 0 Å². The second-order valence-electron chi connectivity index (χ2n) is 7.00. The van der Waals surface area contributed by atoms with E-state index in [1.807, 2.05) is 24.3 Å². The molecule has 1 unspecified atom stereocenters. The molecule has 1 aliphatic rings. The van der Waals surface area contributed by atoms with Crippen LogP contribution in [0.5, 0.6) is 0 Å². The molecule has 0 bridgehead atoms. The zero-order valence-electron chi connectivity index (χ0n) is 14.7. The number of nitrogens with zero attached hydrogens (tertiary/aromatic N) is 1. The van der Waals surface area contributed by atoms with Crippen molar-refractivity contribution >= 4 is 28.6 Å². The number of nitrogens with two attached hydrogens (primary N) is 1. The molecule has 0 spiro atoms. The lowest BCUT2D eigenvalue weighted by atomic mass is 10.0. The van der Waals surface area contributed by atoms with Crippen molar-refractivity contribution in [3.8, 4) is 0 Å². The Labute approximate surface area is 153 Å². The van der Waals surface area contributed by atoms with Crippen LogP contribution in [-0.4, -0.2) is 30.2 Å². The maximum Gasteiger partial charge on any atom is 0.133 e. The van der Waals surface area contributed by atoms with Gasteiger partial charge in [-0.25, -0.2) is 0 Å². The molecule has 0 radical (unpaired) electrons. The monoisotopic (exact) mass is 348 g/mol. The van der Waals surface area contributed by atoms with Gasteiger partial charge < -0.3 is 20.9 Å². The van der Waals surface area contributed by atoms with Crippen LogP contribution in [0.2, 0.25) is 0 Å². The number of rotatable bonds is 5. The first-order valence-corrected chi connectivity index (χ1v) is 9.06. The Bertz CT molecular complexity index is 917. The smallest absolute Gasteiger partial charge is 0.133 e. The van der Waals surface area contributed by atoms with E-state index >= 15 is 0 Å². The van der Waals surface area contributed by atoms with E-state index in [1.165, 1.54) is 18.2 Å². The van der Waals surface area contributed by atoms with Gasteiger partial charge in [0.05, 0.1) is 6.26 Å². The van der Waals surface area contributed by atoms with E-state index in [0.29, 0.717) is 11.7 Å². The number of fused-ring (bicyclic) bond motifs is 1. The van der Waals surface area contributed by atoms with E-state index in [-0.39, 0.29) is 0 Å². The van der Waals surface area contributed by atoms with Gasteiger partial charge in [0.2, 0.25) is 0 Å². The Kier molecular flexibility index (Phi) is 4.63. The Hall–Kier alpha value is -2.79. The molecular formula is C21H24N4O. The van der Waals surface area contributed by atoms with Crippen molar-refractivity contribution < 1.29 is 4.42 Å². The van der Waals surface area contributed by atoms with Crippen LogP contribution in [-0.2, 0) is 6.54 Å². The molecule has 0 amide bonds. The lowest BCUT2D eigenvalue weighted by Gasteiger charge is -2.33. The topological polar surface area (TPSA) is 78.3 Å². The molecule has 3 aromatic rings. The van der Waals surface area contributed by atoms with Crippen molar-refractivity contribution in [3.05, 3.63) is 59.9 Å². The summed E-state index contributed by atoms with van der Waals surface area (Å²) in [6.45, 7) is 3.08. The first-order chi connectivity index (χ1) is 12.7. The van der Waals surface area contributed by atoms with Crippen LogP contribution < -0.4 is 11.1 Å². The van der Waals surface area contributed by atoms with Crippen molar-refractivity contribution in [1.29, 1.82) is 5.41 Å². The molecule has 5 heteroatoms. The summed E-state index contributed by atoms with van der Waals surface area (Å²) >= 11 is 0. The van der Waals surface area contributed by atoms with Gasteiger partial charge in [0, 0.05) is 47.7 Å². The molecule has 0 aliphatic carbocycles. The zero-order chi connectivity index (χ0) is 17.9. The van der Waals surface area contributed by atoms with Crippen LogP contribution >= 0.6 is 0 Å². The molecule has 134 valence electrons. The van der Waals surface area contributed by atoms with Gasteiger partial charge in [-0.3, -0.25) is 4.90 Å². The Morgan fingerprint density at radius 2 is 2.15 bits per heavy atom. The fraction of sp³-hybridized carbons (Fsp3) is 0.286. The number of anilines is 2. The summed E-state index contributed by atoms with van der Waals surface area (Å²) in [7, 11) is 0. The normalized spacial score (nSPS) is 18.1. The minimum atomic E-state index is 0.406. The first-order valence-electron chi connectivity index (χ1n) is 9.06. The lowest BCUT2D eigenvalue weighted by Crippen LogP contribution is -2.41. The Morgan fingerprint density at radius 3 is 3.04 bits per heavy atom. The largest absolute Gasteiger partial charge is 0.464 e. The molecule has 5 nitrogen and oxygen atoms in total. The third-order valence-electron chi connectivity index (χ3n) is 5.04. The van der Waals surface area contributed by atoms with Crippen molar-refractivity contribution in [2.45, 2.75) is 25.4 Å². The number of piperidine rings is 1. The van der Waals surface area contributed by atoms with Crippen molar-refractivity contribution in [2.75, 3.05) is 24.1 Å². The van der Waals surface area contributed by atoms with E-state index in [0.717, 1.165) is 48.3 Å². The summed E-state index contributed by atoms with van der Waals surface area (Å²) < 4.78 is 5.43. The molecule has 1 aromatic heterocycles. The summed E-state index contributed by atoms with van der Waals surface area (Å²) in [5, 5.41) is 12.2. The fourth-order valence-electron chi connectivity index (χ4n) is 3.71. The first kappa shape index (κ1) is 16.7. The number of benzene rings is 2. The van der Waals surface area contributed by atoms with Gasteiger partial charge in [-0.2, -0.15) is 0 Å². The van der Waals surface area contributed by atoms with Gasteiger partial charge in [-0.1, -0.05) is 6.07 Å². The summed E-state index contributed by atoms with van der Waals surface area (Å²) in [6.07, 6.45) is 5.38. The average molecular weight is 348 g/mol. The molecule has 2 heterocycles. The minimum absolute atomic E-state index is 0.406. The Balaban J connectivity index is 1.41. The molecule has 0 saturated carbocycles. The Morgan fingerprint density at radius 1 is 1.23 bits per heavy atom. The summed E-state index contributed by atoms with van der Waals surface area (Å²) in [5.74, 6) is 0. The predicted molar refractivity (Wildman–Crippen MR) is 107 cm³/mol. The number of hydrogen-bond donors (Lipinski definition) is 3. The van der Waals surface area contributed by atoms with E-state index < -0.39 is 0 Å². The molecule has 1 aliphatic heterocycles. The molecule has 2 aromatic carbocycles. The number of hydrogen-bond acceptors (Lipinski definition) is 5. The average Bonchev–Trinajstić information content (AvgIpc) is 3.11. The number of nitrogens with one attached hydrogen (secondary N) is 2. The molecule has 1 atom stereocenters. The van der Waals surface area contributed by atoms with Gasteiger partial charge in [0.25, 0.3) is 0 Å². The van der Waals surface area contributed by atoms with Crippen LogP contribution in [0.3, 0.4) is 0 Å². The summed E-state index contributed by atoms with van der Waals surface area (Å²) in [6, 6.07) is 14.7. The maximum atomic E-state index is 7.46. The molecule has 4 rings (SSSR count). The van der Waals surface area contributed by atoms with E-state index in [4.69, 9.17) is 15.6 Å². The molecule has 1 fully saturated rings. The summed E-state index contributed by atoms with van der Waals surface area (Å²) in [5.41, 5.74) is 10.6. The molecule has 4 N–H and O–H groups in total. The van der Waals surface area contributed by atoms with Crippen molar-refractivity contribution in [3.63, 3.8) is 0 Å². The number of furan rings is 1. The fourth-order valence-corrected chi connectivity index (χ4v) is 3.71. The minimum Gasteiger partial charge on any atom is -0.464 e. The molecule has 26 heavy (non-hydrogen) atoms. The third kappa shape index (κ3) is 3.58. The van der Waals surface area contributed by atoms with Gasteiger partial charge in [0.15, 0.2) is 0 Å². The van der Waals surface area contributed by atoms with E-state index in [2.05, 4.69) is 28.4 Å². The second kappa shape index (κ2) is 7.22. The highest BCUT2D eigenvalue weighted by Crippen LogP contribution is 2.22. The maximum absolute atomic E-state index is 7.46. The van der Waals surface area contributed by atoms with Crippen LogP contribution in [0.15, 0.2) is 53.1 Å². The quantitative estimate of drug-likeness (QED) is 0.479. The lowest BCUT2D eigenvalue weighted by molar-refractivity contribution is 0.208. The van der Waals surface area contributed by atoms with Gasteiger partial charge in [-0.15, -0.1) is 0 Å². The summed E-state index contributed by atoms with van der Waals surface area (Å²) in [4.78, 5) is 2.50. The van der Waals surface area contributed by atoms with Crippen LogP contribution in [0, 0.1) is 5.41 Å².